The summed E-state index contributed by atoms with van der Waals surface area (Å²) < 4.78 is 5.55. The van der Waals surface area contributed by atoms with Gasteiger partial charge in [-0.25, -0.2) is 0 Å². The topological polar surface area (TPSA) is 67.4 Å². The molecule has 2 rings (SSSR count). The van der Waals surface area contributed by atoms with E-state index in [1.54, 1.807) is 24.3 Å². The molecule has 0 bridgehead atoms. The molecule has 0 aliphatic carbocycles. The second kappa shape index (κ2) is 9.04. The highest BCUT2D eigenvalue weighted by atomic mass is 16.5. The van der Waals surface area contributed by atoms with Crippen molar-refractivity contribution in [3.63, 3.8) is 0 Å². The van der Waals surface area contributed by atoms with Crippen LogP contribution in [-0.4, -0.2) is 24.5 Å². The zero-order valence-electron chi connectivity index (χ0n) is 15.8. The Morgan fingerprint density at radius 1 is 1.08 bits per heavy atom. The highest BCUT2D eigenvalue weighted by Crippen LogP contribution is 2.18. The van der Waals surface area contributed by atoms with Gasteiger partial charge in [0.15, 0.2) is 6.61 Å². The minimum atomic E-state index is -0.313. The number of hydrogen-bond acceptors (Lipinski definition) is 3. The Morgan fingerprint density at radius 3 is 2.50 bits per heavy atom. The smallest absolute Gasteiger partial charge is 0.262 e. The summed E-state index contributed by atoms with van der Waals surface area (Å²) in [5, 5.41) is 5.66. The average molecular weight is 354 g/mol. The van der Waals surface area contributed by atoms with Crippen molar-refractivity contribution in [3.8, 4) is 5.75 Å². The van der Waals surface area contributed by atoms with Crippen molar-refractivity contribution in [2.45, 2.75) is 40.2 Å². The van der Waals surface area contributed by atoms with Crippen LogP contribution in [0.4, 0.5) is 5.69 Å². The fourth-order valence-corrected chi connectivity index (χ4v) is 2.33. The van der Waals surface area contributed by atoms with Crippen LogP contribution in [0.25, 0.3) is 0 Å². The van der Waals surface area contributed by atoms with Crippen molar-refractivity contribution in [1.82, 2.24) is 5.32 Å². The molecule has 0 spiro atoms. The van der Waals surface area contributed by atoms with Crippen molar-refractivity contribution >= 4 is 17.5 Å². The molecule has 0 aliphatic rings. The average Bonchev–Trinajstić information content (AvgIpc) is 2.63. The van der Waals surface area contributed by atoms with E-state index in [0.29, 0.717) is 17.0 Å². The first-order chi connectivity index (χ1) is 12.4. The number of para-hydroxylation sites is 1. The zero-order chi connectivity index (χ0) is 19.1. The summed E-state index contributed by atoms with van der Waals surface area (Å²) in [7, 11) is 0. The summed E-state index contributed by atoms with van der Waals surface area (Å²) in [6, 6.07) is 12.7. The largest absolute Gasteiger partial charge is 0.484 e. The number of benzene rings is 2. The molecule has 5 heteroatoms. The fraction of sp³-hybridized carbons (Fsp3) is 0.333. The Kier molecular flexibility index (Phi) is 6.78. The van der Waals surface area contributed by atoms with Crippen LogP contribution < -0.4 is 15.4 Å². The summed E-state index contributed by atoms with van der Waals surface area (Å²) in [4.78, 5) is 24.6. The Bertz CT molecular complexity index is 787. The number of nitrogens with one attached hydrogen (secondary N) is 2. The molecule has 0 saturated carbocycles. The van der Waals surface area contributed by atoms with E-state index >= 15 is 0 Å². The number of carbonyl (C=O) groups is 2. The number of amides is 2. The fourth-order valence-electron chi connectivity index (χ4n) is 2.33. The summed E-state index contributed by atoms with van der Waals surface area (Å²) in [5.41, 5.74) is 3.19. The molecule has 2 N–H and O–H groups in total. The van der Waals surface area contributed by atoms with Gasteiger partial charge >= 0.3 is 0 Å². The Morgan fingerprint density at radius 2 is 1.81 bits per heavy atom. The Labute approximate surface area is 154 Å². The van der Waals surface area contributed by atoms with Crippen LogP contribution >= 0.6 is 0 Å². The van der Waals surface area contributed by atoms with Gasteiger partial charge in [0.05, 0.1) is 11.3 Å². The van der Waals surface area contributed by atoms with Gasteiger partial charge in [0.25, 0.3) is 11.8 Å². The van der Waals surface area contributed by atoms with Crippen molar-refractivity contribution in [2.75, 3.05) is 11.9 Å². The number of carbonyl (C=O) groups excluding carboxylic acids is 2. The molecule has 2 aromatic carbocycles. The minimum Gasteiger partial charge on any atom is -0.484 e. The van der Waals surface area contributed by atoms with E-state index in [-0.39, 0.29) is 24.5 Å². The van der Waals surface area contributed by atoms with Crippen LogP contribution in [0.2, 0.25) is 0 Å². The summed E-state index contributed by atoms with van der Waals surface area (Å²) in [6.45, 7) is 7.84. The van der Waals surface area contributed by atoms with Gasteiger partial charge in [-0.15, -0.1) is 0 Å². The van der Waals surface area contributed by atoms with E-state index < -0.39 is 0 Å². The molecule has 2 amide bonds. The van der Waals surface area contributed by atoms with Crippen molar-refractivity contribution in [2.24, 2.45) is 0 Å². The van der Waals surface area contributed by atoms with Gasteiger partial charge in [0.2, 0.25) is 0 Å². The third-order valence-electron chi connectivity index (χ3n) is 4.28. The third-order valence-corrected chi connectivity index (χ3v) is 4.28. The van der Waals surface area contributed by atoms with Crippen molar-refractivity contribution < 1.29 is 14.3 Å². The Balaban J connectivity index is 2.00. The maximum Gasteiger partial charge on any atom is 0.262 e. The second-order valence-corrected chi connectivity index (χ2v) is 6.41. The van der Waals surface area contributed by atoms with E-state index in [4.69, 9.17) is 4.74 Å². The molecule has 1 atom stereocenters. The summed E-state index contributed by atoms with van der Waals surface area (Å²) in [6.07, 6.45) is 0.837. The van der Waals surface area contributed by atoms with E-state index in [0.717, 1.165) is 12.0 Å². The molecule has 138 valence electrons. The van der Waals surface area contributed by atoms with Gasteiger partial charge in [-0.05, 0) is 62.6 Å². The molecule has 0 heterocycles. The number of hydrogen-bond donors (Lipinski definition) is 2. The summed E-state index contributed by atoms with van der Waals surface area (Å²) in [5.74, 6) is 0.128. The number of anilines is 1. The predicted molar refractivity (Wildman–Crippen MR) is 104 cm³/mol. The second-order valence-electron chi connectivity index (χ2n) is 6.41. The Hall–Kier alpha value is -2.82. The van der Waals surface area contributed by atoms with Gasteiger partial charge in [0, 0.05) is 6.04 Å². The van der Waals surface area contributed by atoms with E-state index in [1.165, 1.54) is 5.56 Å². The lowest BCUT2D eigenvalue weighted by molar-refractivity contribution is -0.118. The highest BCUT2D eigenvalue weighted by molar-refractivity contribution is 6.04. The van der Waals surface area contributed by atoms with E-state index in [2.05, 4.69) is 10.6 Å². The van der Waals surface area contributed by atoms with Crippen LogP contribution in [0.3, 0.4) is 0 Å². The standard InChI is InChI=1S/C21H26N2O3/c1-5-16(4)22-21(25)18-8-6-7-9-19(18)23-20(24)13-26-17-11-10-14(2)15(3)12-17/h6-12,16H,5,13H2,1-4H3,(H,22,25)(H,23,24)/t16-/m1/s1. The quantitative estimate of drug-likeness (QED) is 0.794. The first kappa shape index (κ1) is 19.5. The lowest BCUT2D eigenvalue weighted by atomic mass is 10.1. The first-order valence-corrected chi connectivity index (χ1v) is 8.80. The van der Waals surface area contributed by atoms with Gasteiger partial charge in [-0.1, -0.05) is 25.1 Å². The lowest BCUT2D eigenvalue weighted by Crippen LogP contribution is -2.33. The number of aryl methyl sites for hydroxylation is 2. The zero-order valence-corrected chi connectivity index (χ0v) is 15.8. The molecule has 0 unspecified atom stereocenters. The third kappa shape index (κ3) is 5.34. The first-order valence-electron chi connectivity index (χ1n) is 8.80. The number of rotatable bonds is 7. The summed E-state index contributed by atoms with van der Waals surface area (Å²) >= 11 is 0. The monoisotopic (exact) mass is 354 g/mol. The SMILES string of the molecule is CC[C@@H](C)NC(=O)c1ccccc1NC(=O)COc1ccc(C)c(C)c1. The van der Waals surface area contributed by atoms with Crippen LogP contribution in [0, 0.1) is 13.8 Å². The molecular formula is C21H26N2O3. The number of ether oxygens (including phenoxy) is 1. The normalized spacial score (nSPS) is 11.5. The van der Waals surface area contributed by atoms with Crippen LogP contribution in [-0.2, 0) is 4.79 Å². The van der Waals surface area contributed by atoms with E-state index in [9.17, 15) is 9.59 Å². The highest BCUT2D eigenvalue weighted by Gasteiger charge is 2.14. The van der Waals surface area contributed by atoms with Gasteiger partial charge in [-0.3, -0.25) is 9.59 Å². The maximum atomic E-state index is 12.4. The molecule has 26 heavy (non-hydrogen) atoms. The lowest BCUT2D eigenvalue weighted by Gasteiger charge is -2.15. The van der Waals surface area contributed by atoms with Crippen LogP contribution in [0.1, 0.15) is 41.8 Å². The molecule has 0 fully saturated rings. The van der Waals surface area contributed by atoms with Gasteiger partial charge in [0.1, 0.15) is 5.75 Å². The van der Waals surface area contributed by atoms with Gasteiger partial charge < -0.3 is 15.4 Å². The molecule has 0 aliphatic heterocycles. The van der Waals surface area contributed by atoms with Crippen molar-refractivity contribution in [3.05, 3.63) is 59.2 Å². The van der Waals surface area contributed by atoms with Gasteiger partial charge in [-0.2, -0.15) is 0 Å². The molecule has 0 saturated heterocycles. The van der Waals surface area contributed by atoms with E-state index in [1.807, 2.05) is 45.9 Å². The maximum absolute atomic E-state index is 12.4. The van der Waals surface area contributed by atoms with Crippen LogP contribution in [0.15, 0.2) is 42.5 Å². The molecule has 2 aromatic rings. The molecular weight excluding hydrogens is 328 g/mol. The minimum absolute atomic E-state index is 0.0689. The van der Waals surface area contributed by atoms with Crippen molar-refractivity contribution in [1.29, 1.82) is 0 Å². The van der Waals surface area contributed by atoms with Crippen LogP contribution in [0.5, 0.6) is 5.75 Å². The molecule has 0 radical (unpaired) electrons. The predicted octanol–water partition coefficient (Wildman–Crippen LogP) is 3.85. The molecule has 5 nitrogen and oxygen atoms in total. The molecule has 0 aromatic heterocycles.